The summed E-state index contributed by atoms with van der Waals surface area (Å²) in [6.45, 7) is 0.615. The van der Waals surface area contributed by atoms with E-state index in [1.807, 2.05) is 48.5 Å². The van der Waals surface area contributed by atoms with E-state index >= 15 is 0 Å². The quantitative estimate of drug-likeness (QED) is 0.821. The van der Waals surface area contributed by atoms with Gasteiger partial charge in [-0.25, -0.2) is 0 Å². The van der Waals surface area contributed by atoms with Crippen molar-refractivity contribution >= 4 is 5.69 Å². The van der Waals surface area contributed by atoms with Gasteiger partial charge >= 0.3 is 0 Å². The third-order valence-electron chi connectivity index (χ3n) is 2.71. The van der Waals surface area contributed by atoms with Crippen LogP contribution < -0.4 is 15.2 Å². The molecule has 0 fully saturated rings. The molecule has 0 radical (unpaired) electrons. The largest absolute Gasteiger partial charge is 0.496 e. The van der Waals surface area contributed by atoms with E-state index in [2.05, 4.69) is 0 Å². The fraction of sp³-hybridized carbons (Fsp3) is 0.200. The Bertz CT molecular complexity index is 494. The van der Waals surface area contributed by atoms with Gasteiger partial charge in [0.1, 0.15) is 11.5 Å². The third kappa shape index (κ3) is 3.17. The number of para-hydroxylation sites is 1. The van der Waals surface area contributed by atoms with Crippen molar-refractivity contribution in [1.82, 2.24) is 0 Å². The molecule has 2 rings (SSSR count). The van der Waals surface area contributed by atoms with Gasteiger partial charge < -0.3 is 15.2 Å². The second kappa shape index (κ2) is 5.96. The Kier molecular flexibility index (Phi) is 4.07. The zero-order valence-corrected chi connectivity index (χ0v) is 10.4. The average molecular weight is 243 g/mol. The molecule has 0 aromatic heterocycles. The molecule has 0 saturated carbocycles. The Morgan fingerprint density at radius 3 is 2.44 bits per heavy atom. The predicted molar refractivity (Wildman–Crippen MR) is 73.0 cm³/mol. The molecular weight excluding hydrogens is 226 g/mol. The van der Waals surface area contributed by atoms with Crippen LogP contribution in [0.1, 0.15) is 5.56 Å². The fourth-order valence-electron chi connectivity index (χ4n) is 1.75. The SMILES string of the molecule is COc1ccccc1CCOc1ccc(N)cc1. The summed E-state index contributed by atoms with van der Waals surface area (Å²) in [5.41, 5.74) is 7.50. The van der Waals surface area contributed by atoms with Crippen molar-refractivity contribution in [2.75, 3.05) is 19.5 Å². The zero-order valence-electron chi connectivity index (χ0n) is 10.4. The summed E-state index contributed by atoms with van der Waals surface area (Å²) in [5.74, 6) is 1.73. The van der Waals surface area contributed by atoms with Crippen molar-refractivity contribution in [2.45, 2.75) is 6.42 Å². The van der Waals surface area contributed by atoms with Crippen molar-refractivity contribution < 1.29 is 9.47 Å². The highest BCUT2D eigenvalue weighted by atomic mass is 16.5. The minimum Gasteiger partial charge on any atom is -0.496 e. The summed E-state index contributed by atoms with van der Waals surface area (Å²) in [4.78, 5) is 0. The lowest BCUT2D eigenvalue weighted by molar-refractivity contribution is 0.318. The van der Waals surface area contributed by atoms with Crippen LogP contribution in [0.3, 0.4) is 0 Å². The van der Waals surface area contributed by atoms with E-state index in [9.17, 15) is 0 Å². The number of methoxy groups -OCH3 is 1. The zero-order chi connectivity index (χ0) is 12.8. The summed E-state index contributed by atoms with van der Waals surface area (Å²) < 4.78 is 10.9. The number of nitrogens with two attached hydrogens (primary N) is 1. The first-order valence-electron chi connectivity index (χ1n) is 5.90. The van der Waals surface area contributed by atoms with E-state index in [0.717, 1.165) is 29.2 Å². The van der Waals surface area contributed by atoms with E-state index in [0.29, 0.717) is 6.61 Å². The highest BCUT2D eigenvalue weighted by Gasteiger charge is 2.01. The fourth-order valence-corrected chi connectivity index (χ4v) is 1.75. The smallest absolute Gasteiger partial charge is 0.122 e. The number of hydrogen-bond acceptors (Lipinski definition) is 3. The van der Waals surface area contributed by atoms with Crippen LogP contribution in [-0.2, 0) is 6.42 Å². The number of rotatable bonds is 5. The highest BCUT2D eigenvalue weighted by molar-refractivity contribution is 5.41. The van der Waals surface area contributed by atoms with Crippen molar-refractivity contribution in [3.8, 4) is 11.5 Å². The van der Waals surface area contributed by atoms with Gasteiger partial charge in [-0.2, -0.15) is 0 Å². The minimum atomic E-state index is 0.615. The van der Waals surface area contributed by atoms with Gasteiger partial charge in [0.15, 0.2) is 0 Å². The summed E-state index contributed by atoms with van der Waals surface area (Å²) in [6.07, 6.45) is 0.814. The number of benzene rings is 2. The molecule has 2 aromatic carbocycles. The molecule has 0 aliphatic heterocycles. The minimum absolute atomic E-state index is 0.615. The van der Waals surface area contributed by atoms with Crippen LogP contribution in [0, 0.1) is 0 Å². The van der Waals surface area contributed by atoms with Crippen LogP contribution in [-0.4, -0.2) is 13.7 Å². The Morgan fingerprint density at radius 1 is 1.00 bits per heavy atom. The van der Waals surface area contributed by atoms with E-state index in [1.54, 1.807) is 7.11 Å². The standard InChI is InChI=1S/C15H17NO2/c1-17-15-5-3-2-4-12(15)10-11-18-14-8-6-13(16)7-9-14/h2-9H,10-11,16H2,1H3. The number of ether oxygens (including phenoxy) is 2. The topological polar surface area (TPSA) is 44.5 Å². The lowest BCUT2D eigenvalue weighted by Crippen LogP contribution is -2.02. The van der Waals surface area contributed by atoms with Crippen LogP contribution in [0.5, 0.6) is 11.5 Å². The first-order valence-corrected chi connectivity index (χ1v) is 5.90. The normalized spacial score (nSPS) is 10.1. The first-order chi connectivity index (χ1) is 8.79. The molecule has 94 valence electrons. The van der Waals surface area contributed by atoms with Crippen molar-refractivity contribution in [1.29, 1.82) is 0 Å². The van der Waals surface area contributed by atoms with Crippen LogP contribution in [0.25, 0.3) is 0 Å². The molecule has 0 aliphatic carbocycles. The maximum Gasteiger partial charge on any atom is 0.122 e. The Hall–Kier alpha value is -2.16. The van der Waals surface area contributed by atoms with Gasteiger partial charge in [-0.1, -0.05) is 18.2 Å². The maximum atomic E-state index is 5.65. The second-order valence-corrected chi connectivity index (χ2v) is 3.98. The molecule has 0 atom stereocenters. The molecule has 0 spiro atoms. The van der Waals surface area contributed by atoms with Gasteiger partial charge in [-0.05, 0) is 35.9 Å². The van der Waals surface area contributed by atoms with E-state index in [1.165, 1.54) is 0 Å². The molecule has 3 heteroatoms. The highest BCUT2D eigenvalue weighted by Crippen LogP contribution is 2.18. The average Bonchev–Trinajstić information content (AvgIpc) is 2.41. The second-order valence-electron chi connectivity index (χ2n) is 3.98. The molecular formula is C15H17NO2. The molecule has 2 aromatic rings. The van der Waals surface area contributed by atoms with Crippen LogP contribution >= 0.6 is 0 Å². The van der Waals surface area contributed by atoms with Crippen LogP contribution in [0.2, 0.25) is 0 Å². The molecule has 0 heterocycles. The summed E-state index contributed by atoms with van der Waals surface area (Å²) in [6, 6.07) is 15.4. The Balaban J connectivity index is 1.90. The molecule has 0 amide bonds. The van der Waals surface area contributed by atoms with Gasteiger partial charge in [-0.15, -0.1) is 0 Å². The van der Waals surface area contributed by atoms with Crippen molar-refractivity contribution in [3.05, 3.63) is 54.1 Å². The lowest BCUT2D eigenvalue weighted by atomic mass is 10.1. The molecule has 0 saturated heterocycles. The molecule has 0 aliphatic rings. The predicted octanol–water partition coefficient (Wildman–Crippen LogP) is 2.90. The van der Waals surface area contributed by atoms with E-state index in [-0.39, 0.29) is 0 Å². The van der Waals surface area contributed by atoms with Crippen molar-refractivity contribution in [2.24, 2.45) is 0 Å². The van der Waals surface area contributed by atoms with Gasteiger partial charge in [0.25, 0.3) is 0 Å². The van der Waals surface area contributed by atoms with Crippen molar-refractivity contribution in [3.63, 3.8) is 0 Å². The molecule has 0 unspecified atom stereocenters. The molecule has 18 heavy (non-hydrogen) atoms. The van der Waals surface area contributed by atoms with Crippen LogP contribution in [0.4, 0.5) is 5.69 Å². The Morgan fingerprint density at radius 2 is 1.72 bits per heavy atom. The maximum absolute atomic E-state index is 5.65. The first kappa shape index (κ1) is 12.3. The lowest BCUT2D eigenvalue weighted by Gasteiger charge is -2.09. The number of hydrogen-bond donors (Lipinski definition) is 1. The molecule has 2 N–H and O–H groups in total. The third-order valence-corrected chi connectivity index (χ3v) is 2.71. The summed E-state index contributed by atoms with van der Waals surface area (Å²) in [7, 11) is 1.68. The van der Waals surface area contributed by atoms with Gasteiger partial charge in [0, 0.05) is 12.1 Å². The van der Waals surface area contributed by atoms with Crippen LogP contribution in [0.15, 0.2) is 48.5 Å². The number of anilines is 1. The molecule has 3 nitrogen and oxygen atoms in total. The van der Waals surface area contributed by atoms with E-state index in [4.69, 9.17) is 15.2 Å². The van der Waals surface area contributed by atoms with Gasteiger partial charge in [0.05, 0.1) is 13.7 Å². The van der Waals surface area contributed by atoms with E-state index < -0.39 is 0 Å². The summed E-state index contributed by atoms with van der Waals surface area (Å²) in [5, 5.41) is 0. The van der Waals surface area contributed by atoms with Gasteiger partial charge in [-0.3, -0.25) is 0 Å². The summed E-state index contributed by atoms with van der Waals surface area (Å²) >= 11 is 0. The van der Waals surface area contributed by atoms with Gasteiger partial charge in [0.2, 0.25) is 0 Å². The number of nitrogen functional groups attached to an aromatic ring is 1. The molecule has 0 bridgehead atoms. The monoisotopic (exact) mass is 243 g/mol. The Labute approximate surface area is 107 Å².